The fraction of sp³-hybridized carbons (Fsp3) is 0.647. The van der Waals surface area contributed by atoms with Crippen LogP contribution in [0, 0.1) is 5.41 Å². The Hall–Kier alpha value is -1.22. The number of hydrogen-bond acceptors (Lipinski definition) is 3. The van der Waals surface area contributed by atoms with Crippen LogP contribution in [0.15, 0.2) is 18.2 Å². The summed E-state index contributed by atoms with van der Waals surface area (Å²) in [5.74, 6) is 1.78. The van der Waals surface area contributed by atoms with Crippen LogP contribution in [0.25, 0.3) is 0 Å². The van der Waals surface area contributed by atoms with E-state index in [4.69, 9.17) is 9.47 Å². The third kappa shape index (κ3) is 3.66. The van der Waals surface area contributed by atoms with Crippen molar-refractivity contribution in [3.05, 3.63) is 23.8 Å². The first-order valence-electron chi connectivity index (χ1n) is 7.46. The molecule has 1 rings (SSSR count). The van der Waals surface area contributed by atoms with Crippen LogP contribution in [0.5, 0.6) is 11.5 Å². The minimum absolute atomic E-state index is 0.122. The summed E-state index contributed by atoms with van der Waals surface area (Å²) >= 11 is 0. The third-order valence-electron chi connectivity index (χ3n) is 4.05. The lowest BCUT2D eigenvalue weighted by atomic mass is 9.77. The van der Waals surface area contributed by atoms with E-state index in [0.717, 1.165) is 36.4 Å². The Labute approximate surface area is 123 Å². The maximum atomic E-state index is 5.57. The monoisotopic (exact) mass is 279 g/mol. The second-order valence-electron chi connectivity index (χ2n) is 5.81. The highest BCUT2D eigenvalue weighted by molar-refractivity contribution is 5.47. The molecule has 0 aliphatic rings. The summed E-state index contributed by atoms with van der Waals surface area (Å²) < 4.78 is 11.1. The van der Waals surface area contributed by atoms with E-state index in [1.54, 1.807) is 14.2 Å². The van der Waals surface area contributed by atoms with Crippen molar-refractivity contribution in [2.45, 2.75) is 46.6 Å². The first-order chi connectivity index (χ1) is 9.51. The Kier molecular flexibility index (Phi) is 6.34. The van der Waals surface area contributed by atoms with Gasteiger partial charge in [0.15, 0.2) is 0 Å². The molecule has 0 saturated carbocycles. The molecule has 114 valence electrons. The average Bonchev–Trinajstić information content (AvgIpc) is 2.47. The van der Waals surface area contributed by atoms with Crippen LogP contribution in [0.4, 0.5) is 0 Å². The largest absolute Gasteiger partial charge is 0.496 e. The zero-order chi connectivity index (χ0) is 15.2. The van der Waals surface area contributed by atoms with Crippen molar-refractivity contribution in [1.82, 2.24) is 5.32 Å². The Morgan fingerprint density at radius 2 is 1.65 bits per heavy atom. The number of nitrogens with one attached hydrogen (secondary N) is 1. The van der Waals surface area contributed by atoms with Gasteiger partial charge >= 0.3 is 0 Å². The van der Waals surface area contributed by atoms with Crippen LogP contribution < -0.4 is 14.8 Å². The second kappa shape index (κ2) is 7.53. The predicted octanol–water partition coefficient (Wildman–Crippen LogP) is 4.18. The molecule has 0 radical (unpaired) electrons. The average molecular weight is 279 g/mol. The van der Waals surface area contributed by atoms with E-state index in [1.807, 2.05) is 18.2 Å². The normalized spacial score (nSPS) is 13.1. The Bertz CT molecular complexity index is 393. The summed E-state index contributed by atoms with van der Waals surface area (Å²) in [7, 11) is 3.43. The van der Waals surface area contributed by atoms with Crippen LogP contribution in [-0.2, 0) is 0 Å². The number of hydrogen-bond donors (Lipinski definition) is 1. The molecule has 1 unspecified atom stereocenters. The molecule has 1 atom stereocenters. The molecule has 1 aromatic carbocycles. The molecule has 0 fully saturated rings. The molecule has 3 nitrogen and oxygen atoms in total. The lowest BCUT2D eigenvalue weighted by Gasteiger charge is -2.36. The van der Waals surface area contributed by atoms with Crippen molar-refractivity contribution in [3.63, 3.8) is 0 Å². The number of ether oxygens (including phenoxy) is 2. The molecule has 0 aliphatic carbocycles. The second-order valence-corrected chi connectivity index (χ2v) is 5.81. The number of benzene rings is 1. The van der Waals surface area contributed by atoms with Gasteiger partial charge in [-0.05, 0) is 36.9 Å². The van der Waals surface area contributed by atoms with E-state index in [0.29, 0.717) is 0 Å². The van der Waals surface area contributed by atoms with Gasteiger partial charge in [-0.25, -0.2) is 0 Å². The quantitative estimate of drug-likeness (QED) is 0.774. The van der Waals surface area contributed by atoms with Crippen LogP contribution in [0.1, 0.15) is 52.1 Å². The minimum atomic E-state index is 0.122. The molecule has 20 heavy (non-hydrogen) atoms. The SMILES string of the molecule is CCCNC(c1c(OC)cccc1OC)C(C)(C)CC. The molecule has 0 bridgehead atoms. The molecule has 3 heteroatoms. The highest BCUT2D eigenvalue weighted by Gasteiger charge is 2.33. The first kappa shape index (κ1) is 16.8. The van der Waals surface area contributed by atoms with Gasteiger partial charge in [-0.15, -0.1) is 0 Å². The summed E-state index contributed by atoms with van der Waals surface area (Å²) in [6.07, 6.45) is 2.18. The van der Waals surface area contributed by atoms with Gasteiger partial charge in [-0.1, -0.05) is 33.8 Å². The summed E-state index contributed by atoms with van der Waals surface area (Å²) in [4.78, 5) is 0. The van der Waals surface area contributed by atoms with E-state index in [1.165, 1.54) is 0 Å². The Morgan fingerprint density at radius 1 is 1.10 bits per heavy atom. The molecule has 0 aliphatic heterocycles. The van der Waals surface area contributed by atoms with E-state index < -0.39 is 0 Å². The first-order valence-corrected chi connectivity index (χ1v) is 7.46. The zero-order valence-electron chi connectivity index (χ0n) is 13.7. The summed E-state index contributed by atoms with van der Waals surface area (Å²) in [6, 6.07) is 6.18. The van der Waals surface area contributed by atoms with Crippen molar-refractivity contribution in [1.29, 1.82) is 0 Å². The maximum Gasteiger partial charge on any atom is 0.127 e. The van der Waals surface area contributed by atoms with Crippen LogP contribution >= 0.6 is 0 Å². The molecule has 0 spiro atoms. The van der Waals surface area contributed by atoms with Crippen LogP contribution in [0.2, 0.25) is 0 Å². The van der Waals surface area contributed by atoms with Gasteiger partial charge in [0, 0.05) is 6.04 Å². The van der Waals surface area contributed by atoms with E-state index in [-0.39, 0.29) is 11.5 Å². The van der Waals surface area contributed by atoms with Gasteiger partial charge in [-0.2, -0.15) is 0 Å². The zero-order valence-corrected chi connectivity index (χ0v) is 13.7. The van der Waals surface area contributed by atoms with E-state index in [2.05, 4.69) is 33.0 Å². The van der Waals surface area contributed by atoms with E-state index in [9.17, 15) is 0 Å². The van der Waals surface area contributed by atoms with Crippen molar-refractivity contribution in [3.8, 4) is 11.5 Å². The van der Waals surface area contributed by atoms with Crippen molar-refractivity contribution >= 4 is 0 Å². The van der Waals surface area contributed by atoms with Gasteiger partial charge in [-0.3, -0.25) is 0 Å². The standard InChI is InChI=1S/C17H29NO2/c1-7-12-18-16(17(3,4)8-2)15-13(19-5)10-9-11-14(15)20-6/h9-11,16,18H,7-8,12H2,1-6H3. The molecule has 0 amide bonds. The summed E-state index contributed by atoms with van der Waals surface area (Å²) in [5, 5.41) is 3.67. The lowest BCUT2D eigenvalue weighted by Crippen LogP contribution is -2.35. The fourth-order valence-corrected chi connectivity index (χ4v) is 2.43. The van der Waals surface area contributed by atoms with Gasteiger partial charge < -0.3 is 14.8 Å². The molecule has 1 aromatic rings. The highest BCUT2D eigenvalue weighted by Crippen LogP contribution is 2.44. The van der Waals surface area contributed by atoms with Crippen molar-refractivity contribution in [2.75, 3.05) is 20.8 Å². The molecule has 1 N–H and O–H groups in total. The summed E-state index contributed by atoms with van der Waals surface area (Å²) in [6.45, 7) is 9.96. The van der Waals surface area contributed by atoms with Crippen LogP contribution in [0.3, 0.4) is 0 Å². The van der Waals surface area contributed by atoms with Gasteiger partial charge in [0.1, 0.15) is 11.5 Å². The van der Waals surface area contributed by atoms with E-state index >= 15 is 0 Å². The minimum Gasteiger partial charge on any atom is -0.496 e. The number of methoxy groups -OCH3 is 2. The smallest absolute Gasteiger partial charge is 0.127 e. The van der Waals surface area contributed by atoms with Gasteiger partial charge in [0.2, 0.25) is 0 Å². The Morgan fingerprint density at radius 3 is 2.05 bits per heavy atom. The third-order valence-corrected chi connectivity index (χ3v) is 4.05. The highest BCUT2D eigenvalue weighted by atomic mass is 16.5. The van der Waals surface area contributed by atoms with Gasteiger partial charge in [0.05, 0.1) is 19.8 Å². The molecular formula is C17H29NO2. The van der Waals surface area contributed by atoms with Crippen LogP contribution in [-0.4, -0.2) is 20.8 Å². The molecular weight excluding hydrogens is 250 g/mol. The van der Waals surface area contributed by atoms with Gasteiger partial charge in [0.25, 0.3) is 0 Å². The topological polar surface area (TPSA) is 30.5 Å². The predicted molar refractivity (Wildman–Crippen MR) is 84.7 cm³/mol. The molecule has 0 aromatic heterocycles. The summed E-state index contributed by atoms with van der Waals surface area (Å²) in [5.41, 5.74) is 1.25. The maximum absolute atomic E-state index is 5.57. The Balaban J connectivity index is 3.31. The molecule has 0 heterocycles. The van der Waals surface area contributed by atoms with Crippen molar-refractivity contribution < 1.29 is 9.47 Å². The molecule has 0 saturated heterocycles. The van der Waals surface area contributed by atoms with Crippen molar-refractivity contribution in [2.24, 2.45) is 5.41 Å². The lowest BCUT2D eigenvalue weighted by molar-refractivity contribution is 0.223. The fourth-order valence-electron chi connectivity index (χ4n) is 2.43. The number of rotatable bonds is 8.